The van der Waals surface area contributed by atoms with Crippen molar-refractivity contribution < 1.29 is 13.2 Å². The van der Waals surface area contributed by atoms with Gasteiger partial charge in [0.25, 0.3) is 0 Å². The summed E-state index contributed by atoms with van der Waals surface area (Å²) in [5.74, 6) is -0.0807. The van der Waals surface area contributed by atoms with E-state index in [1.54, 1.807) is 12.1 Å². The molecule has 0 atom stereocenters. The molecule has 5 nitrogen and oxygen atoms in total. The second-order valence-electron chi connectivity index (χ2n) is 8.58. The Balaban J connectivity index is 1.75. The topological polar surface area (TPSA) is 57.7 Å². The van der Waals surface area contributed by atoms with Gasteiger partial charge in [0.15, 0.2) is 0 Å². The van der Waals surface area contributed by atoms with Gasteiger partial charge in [-0.1, -0.05) is 29.8 Å². The maximum atomic E-state index is 13.4. The highest BCUT2D eigenvalue weighted by molar-refractivity contribution is 7.89. The summed E-state index contributed by atoms with van der Waals surface area (Å²) in [5.41, 5.74) is 4.17. The molecule has 1 aliphatic rings. The molecular weight excluding hydrogens is 396 g/mol. The number of carbonyl (C=O) groups excluding carboxylic acids is 1. The number of amides is 1. The first-order valence-corrected chi connectivity index (χ1v) is 12.0. The highest BCUT2D eigenvalue weighted by Crippen LogP contribution is 2.30. The molecule has 6 heteroatoms. The third-order valence-corrected chi connectivity index (χ3v) is 7.75. The Morgan fingerprint density at radius 2 is 1.53 bits per heavy atom. The van der Waals surface area contributed by atoms with Gasteiger partial charge in [-0.2, -0.15) is 4.31 Å². The fraction of sp³-hybridized carbons (Fsp3) is 0.458. The quantitative estimate of drug-likeness (QED) is 0.707. The van der Waals surface area contributed by atoms with Gasteiger partial charge in [-0.3, -0.25) is 4.79 Å². The predicted octanol–water partition coefficient (Wildman–Crippen LogP) is 4.45. The second-order valence-corrected chi connectivity index (χ2v) is 10.5. The Morgan fingerprint density at radius 1 is 0.967 bits per heavy atom. The number of carbonyl (C=O) groups is 1. The number of hydrogen-bond acceptors (Lipinski definition) is 3. The fourth-order valence-corrected chi connectivity index (χ4v) is 5.50. The minimum absolute atomic E-state index is 0.0346. The number of aryl methyl sites for hydroxylation is 3. The molecule has 2 aromatic rings. The highest BCUT2D eigenvalue weighted by atomic mass is 32.2. The minimum atomic E-state index is -3.52. The first kappa shape index (κ1) is 22.5. The van der Waals surface area contributed by atoms with Gasteiger partial charge < -0.3 is 4.90 Å². The van der Waals surface area contributed by atoms with Crippen LogP contribution in [0.15, 0.2) is 47.4 Å². The van der Waals surface area contributed by atoms with Crippen LogP contribution in [-0.4, -0.2) is 37.8 Å². The monoisotopic (exact) mass is 428 g/mol. The third kappa shape index (κ3) is 4.60. The Morgan fingerprint density at radius 3 is 2.10 bits per heavy atom. The fourth-order valence-electron chi connectivity index (χ4n) is 4.03. The first-order valence-electron chi connectivity index (χ1n) is 10.6. The van der Waals surface area contributed by atoms with E-state index in [-0.39, 0.29) is 17.9 Å². The van der Waals surface area contributed by atoms with Crippen molar-refractivity contribution in [2.45, 2.75) is 58.4 Å². The lowest BCUT2D eigenvalue weighted by atomic mass is 9.95. The van der Waals surface area contributed by atoms with Crippen LogP contribution in [0.5, 0.6) is 0 Å². The Labute approximate surface area is 180 Å². The van der Waals surface area contributed by atoms with Crippen molar-refractivity contribution >= 4 is 21.6 Å². The molecule has 0 aliphatic carbocycles. The van der Waals surface area contributed by atoms with Crippen LogP contribution in [0.25, 0.3) is 0 Å². The number of hydrogen-bond donors (Lipinski definition) is 0. The van der Waals surface area contributed by atoms with E-state index in [9.17, 15) is 13.2 Å². The SMILES string of the molecule is Cc1ccc(S(=O)(=O)N2CCC(C(=O)N(c3cc(C)ccc3C)C(C)C)CC2)cc1. The van der Waals surface area contributed by atoms with Crippen LogP contribution in [0.1, 0.15) is 43.4 Å². The van der Waals surface area contributed by atoms with Crippen LogP contribution in [0.3, 0.4) is 0 Å². The number of sulfonamides is 1. The molecule has 0 saturated carbocycles. The van der Waals surface area contributed by atoms with E-state index in [2.05, 4.69) is 12.1 Å². The van der Waals surface area contributed by atoms with Crippen molar-refractivity contribution in [2.24, 2.45) is 5.92 Å². The van der Waals surface area contributed by atoms with E-state index in [1.165, 1.54) is 4.31 Å². The molecule has 0 N–H and O–H groups in total. The smallest absolute Gasteiger partial charge is 0.243 e. The minimum Gasteiger partial charge on any atom is -0.309 e. The summed E-state index contributed by atoms with van der Waals surface area (Å²) in [6.45, 7) is 10.8. The first-order chi connectivity index (χ1) is 14.1. The molecule has 0 spiro atoms. The molecule has 2 aromatic carbocycles. The van der Waals surface area contributed by atoms with Crippen molar-refractivity contribution in [3.63, 3.8) is 0 Å². The van der Waals surface area contributed by atoms with Crippen molar-refractivity contribution in [1.29, 1.82) is 0 Å². The molecule has 162 valence electrons. The largest absolute Gasteiger partial charge is 0.309 e. The lowest BCUT2D eigenvalue weighted by Gasteiger charge is -2.36. The summed E-state index contributed by atoms with van der Waals surface area (Å²) < 4.78 is 27.4. The number of anilines is 1. The molecule has 1 saturated heterocycles. The van der Waals surface area contributed by atoms with Crippen LogP contribution in [0.4, 0.5) is 5.69 Å². The van der Waals surface area contributed by atoms with Gasteiger partial charge >= 0.3 is 0 Å². The molecule has 1 heterocycles. The summed E-state index contributed by atoms with van der Waals surface area (Å²) in [6.07, 6.45) is 1.08. The molecule has 0 radical (unpaired) electrons. The second kappa shape index (κ2) is 8.90. The normalized spacial score (nSPS) is 16.1. The van der Waals surface area contributed by atoms with Gasteiger partial charge in [0.1, 0.15) is 0 Å². The predicted molar refractivity (Wildman–Crippen MR) is 121 cm³/mol. The summed E-state index contributed by atoms with van der Waals surface area (Å²) in [4.78, 5) is 15.6. The maximum Gasteiger partial charge on any atom is 0.243 e. The van der Waals surface area contributed by atoms with Gasteiger partial charge in [0.2, 0.25) is 15.9 Å². The Hall–Kier alpha value is -2.18. The van der Waals surface area contributed by atoms with E-state index < -0.39 is 10.0 Å². The molecule has 3 rings (SSSR count). The van der Waals surface area contributed by atoms with Crippen molar-refractivity contribution in [3.05, 3.63) is 59.2 Å². The van der Waals surface area contributed by atoms with Gasteiger partial charge in [-0.05, 0) is 76.8 Å². The number of piperidine rings is 1. The standard InChI is InChI=1S/C24H32N2O3S/c1-17(2)26(23-16-19(4)6-9-20(23)5)24(27)21-12-14-25(15-13-21)30(28,29)22-10-7-18(3)8-11-22/h6-11,16-17,21H,12-15H2,1-5H3. The summed E-state index contributed by atoms with van der Waals surface area (Å²) >= 11 is 0. The average molecular weight is 429 g/mol. The van der Waals surface area contributed by atoms with Crippen molar-refractivity contribution in [1.82, 2.24) is 4.31 Å². The van der Waals surface area contributed by atoms with Gasteiger partial charge in [-0.25, -0.2) is 8.42 Å². The van der Waals surface area contributed by atoms with E-state index in [4.69, 9.17) is 0 Å². The van der Waals surface area contributed by atoms with Crippen molar-refractivity contribution in [2.75, 3.05) is 18.0 Å². The highest BCUT2D eigenvalue weighted by Gasteiger charge is 2.35. The maximum absolute atomic E-state index is 13.4. The molecule has 1 fully saturated rings. The van der Waals surface area contributed by atoms with E-state index >= 15 is 0 Å². The lowest BCUT2D eigenvalue weighted by Crippen LogP contribution is -2.46. The van der Waals surface area contributed by atoms with Crippen LogP contribution >= 0.6 is 0 Å². The van der Waals surface area contributed by atoms with Crippen LogP contribution in [0, 0.1) is 26.7 Å². The van der Waals surface area contributed by atoms with Crippen LogP contribution in [-0.2, 0) is 14.8 Å². The zero-order valence-corrected chi connectivity index (χ0v) is 19.4. The third-order valence-electron chi connectivity index (χ3n) is 5.84. The van der Waals surface area contributed by atoms with Crippen LogP contribution < -0.4 is 4.90 Å². The average Bonchev–Trinajstić information content (AvgIpc) is 2.71. The molecule has 0 bridgehead atoms. The molecular formula is C24H32N2O3S. The van der Waals surface area contributed by atoms with E-state index in [0.29, 0.717) is 30.8 Å². The van der Waals surface area contributed by atoms with Gasteiger partial charge in [0, 0.05) is 30.7 Å². The summed E-state index contributed by atoms with van der Waals surface area (Å²) in [7, 11) is -3.52. The zero-order chi connectivity index (χ0) is 22.1. The Bertz CT molecular complexity index is 1010. The van der Waals surface area contributed by atoms with Crippen LogP contribution in [0.2, 0.25) is 0 Å². The van der Waals surface area contributed by atoms with Crippen molar-refractivity contribution in [3.8, 4) is 0 Å². The van der Waals surface area contributed by atoms with Gasteiger partial charge in [-0.15, -0.1) is 0 Å². The zero-order valence-electron chi connectivity index (χ0n) is 18.6. The number of nitrogens with zero attached hydrogens (tertiary/aromatic N) is 2. The molecule has 30 heavy (non-hydrogen) atoms. The number of rotatable bonds is 5. The lowest BCUT2D eigenvalue weighted by molar-refractivity contribution is -0.123. The van der Waals surface area contributed by atoms with E-state index in [1.807, 2.05) is 57.7 Å². The number of benzene rings is 2. The van der Waals surface area contributed by atoms with E-state index in [0.717, 1.165) is 22.4 Å². The summed E-state index contributed by atoms with van der Waals surface area (Å²) in [5, 5.41) is 0. The molecule has 1 amide bonds. The Kier molecular flexibility index (Phi) is 6.68. The molecule has 0 unspecified atom stereocenters. The van der Waals surface area contributed by atoms with Gasteiger partial charge in [0.05, 0.1) is 4.90 Å². The molecule has 0 aromatic heterocycles. The molecule has 1 aliphatic heterocycles. The summed E-state index contributed by atoms with van der Waals surface area (Å²) in [6, 6.07) is 13.1.